The number of hydrogen-bond acceptors (Lipinski definition) is 5. The molecule has 0 aliphatic heterocycles. The highest BCUT2D eigenvalue weighted by Crippen LogP contribution is 2.31. The SMILES string of the molecule is COc1ccc(-c2cc(C#N)nn2-c2ccc(S(N)(=O)=O)cc2)cc1Cl. The van der Waals surface area contributed by atoms with Crippen molar-refractivity contribution < 1.29 is 13.2 Å². The summed E-state index contributed by atoms with van der Waals surface area (Å²) in [6, 6.07) is 14.7. The Morgan fingerprint density at radius 1 is 1.19 bits per heavy atom. The molecule has 1 heterocycles. The van der Waals surface area contributed by atoms with E-state index in [0.29, 0.717) is 22.2 Å². The predicted octanol–water partition coefficient (Wildman–Crippen LogP) is 2.72. The van der Waals surface area contributed by atoms with Crippen LogP contribution in [0.2, 0.25) is 5.02 Å². The number of halogens is 1. The third kappa shape index (κ3) is 3.41. The number of methoxy groups -OCH3 is 1. The fourth-order valence-electron chi connectivity index (χ4n) is 2.44. The topological polar surface area (TPSA) is 111 Å². The first kappa shape index (κ1) is 17.9. The van der Waals surface area contributed by atoms with Gasteiger partial charge in [0.05, 0.1) is 28.4 Å². The van der Waals surface area contributed by atoms with E-state index in [4.69, 9.17) is 21.5 Å². The molecule has 0 amide bonds. The molecule has 0 saturated heterocycles. The van der Waals surface area contributed by atoms with Crippen LogP contribution in [0.3, 0.4) is 0 Å². The summed E-state index contributed by atoms with van der Waals surface area (Å²) in [7, 11) is -2.27. The minimum absolute atomic E-state index is 0.0112. The van der Waals surface area contributed by atoms with Gasteiger partial charge in [-0.2, -0.15) is 10.4 Å². The molecular weight excluding hydrogens is 376 g/mol. The number of benzene rings is 2. The average molecular weight is 389 g/mol. The normalized spacial score (nSPS) is 11.2. The van der Waals surface area contributed by atoms with E-state index in [1.165, 1.54) is 23.9 Å². The largest absolute Gasteiger partial charge is 0.495 e. The molecule has 9 heteroatoms. The number of ether oxygens (including phenoxy) is 1. The Balaban J connectivity index is 2.13. The van der Waals surface area contributed by atoms with E-state index in [9.17, 15) is 13.7 Å². The molecule has 2 N–H and O–H groups in total. The summed E-state index contributed by atoms with van der Waals surface area (Å²) < 4.78 is 29.5. The summed E-state index contributed by atoms with van der Waals surface area (Å²) in [5.41, 5.74) is 2.12. The maximum absolute atomic E-state index is 11.4. The molecule has 0 spiro atoms. The monoisotopic (exact) mass is 388 g/mol. The molecule has 0 aliphatic rings. The van der Waals surface area contributed by atoms with Crippen molar-refractivity contribution in [2.45, 2.75) is 4.90 Å². The van der Waals surface area contributed by atoms with Gasteiger partial charge in [0.15, 0.2) is 5.69 Å². The molecule has 0 atom stereocenters. The first-order valence-electron chi connectivity index (χ1n) is 7.31. The summed E-state index contributed by atoms with van der Waals surface area (Å²) in [6.45, 7) is 0. The van der Waals surface area contributed by atoms with Gasteiger partial charge in [-0.15, -0.1) is 0 Å². The van der Waals surface area contributed by atoms with Gasteiger partial charge in [0, 0.05) is 11.6 Å². The number of aromatic nitrogens is 2. The molecule has 0 bridgehead atoms. The van der Waals surface area contributed by atoms with Crippen LogP contribution in [-0.2, 0) is 10.0 Å². The van der Waals surface area contributed by atoms with Crippen LogP contribution in [0.5, 0.6) is 5.75 Å². The lowest BCUT2D eigenvalue weighted by atomic mass is 10.1. The predicted molar refractivity (Wildman–Crippen MR) is 96.7 cm³/mol. The zero-order valence-electron chi connectivity index (χ0n) is 13.5. The Bertz CT molecular complexity index is 1120. The second-order valence-electron chi connectivity index (χ2n) is 5.33. The molecule has 0 radical (unpaired) electrons. The summed E-state index contributed by atoms with van der Waals surface area (Å²) in [5, 5.41) is 19.0. The Kier molecular flexibility index (Phi) is 4.70. The van der Waals surface area contributed by atoms with Gasteiger partial charge in [-0.05, 0) is 42.5 Å². The van der Waals surface area contributed by atoms with Gasteiger partial charge in [-0.3, -0.25) is 0 Å². The maximum atomic E-state index is 11.4. The zero-order chi connectivity index (χ0) is 18.9. The van der Waals surface area contributed by atoms with Crippen molar-refractivity contribution in [2.24, 2.45) is 5.14 Å². The number of primary sulfonamides is 1. The number of hydrogen-bond donors (Lipinski definition) is 1. The number of nitrogens with two attached hydrogens (primary N) is 1. The lowest BCUT2D eigenvalue weighted by molar-refractivity contribution is 0.415. The first-order chi connectivity index (χ1) is 12.3. The van der Waals surface area contributed by atoms with Crippen LogP contribution in [0.15, 0.2) is 53.4 Å². The van der Waals surface area contributed by atoms with Crippen LogP contribution in [0.1, 0.15) is 5.69 Å². The minimum Gasteiger partial charge on any atom is -0.495 e. The van der Waals surface area contributed by atoms with Crippen LogP contribution in [0.4, 0.5) is 0 Å². The molecule has 26 heavy (non-hydrogen) atoms. The van der Waals surface area contributed by atoms with Gasteiger partial charge < -0.3 is 4.74 Å². The number of rotatable bonds is 4. The molecule has 2 aromatic carbocycles. The van der Waals surface area contributed by atoms with Crippen molar-refractivity contribution >= 4 is 21.6 Å². The lowest BCUT2D eigenvalue weighted by Gasteiger charge is -2.10. The van der Waals surface area contributed by atoms with E-state index < -0.39 is 10.0 Å². The van der Waals surface area contributed by atoms with Crippen molar-refractivity contribution in [3.63, 3.8) is 0 Å². The zero-order valence-corrected chi connectivity index (χ0v) is 15.1. The van der Waals surface area contributed by atoms with Crippen LogP contribution in [0.25, 0.3) is 16.9 Å². The lowest BCUT2D eigenvalue weighted by Crippen LogP contribution is -2.12. The molecule has 0 fully saturated rings. The average Bonchev–Trinajstić information content (AvgIpc) is 3.05. The molecule has 0 unspecified atom stereocenters. The van der Waals surface area contributed by atoms with E-state index in [1.54, 1.807) is 36.4 Å². The molecular formula is C17H13ClN4O3S. The first-order valence-corrected chi connectivity index (χ1v) is 9.23. The number of nitriles is 1. The molecule has 132 valence electrons. The van der Waals surface area contributed by atoms with Crippen molar-refractivity contribution in [2.75, 3.05) is 7.11 Å². The quantitative estimate of drug-likeness (QED) is 0.738. The highest BCUT2D eigenvalue weighted by molar-refractivity contribution is 7.89. The summed E-state index contributed by atoms with van der Waals surface area (Å²) in [4.78, 5) is -0.0112. The molecule has 1 aromatic heterocycles. The Hall–Kier alpha value is -2.86. The summed E-state index contributed by atoms with van der Waals surface area (Å²) in [5.74, 6) is 0.527. The van der Waals surface area contributed by atoms with E-state index in [-0.39, 0.29) is 10.6 Å². The van der Waals surface area contributed by atoms with E-state index in [2.05, 4.69) is 5.10 Å². The van der Waals surface area contributed by atoms with Crippen LogP contribution >= 0.6 is 11.6 Å². The number of nitrogens with zero attached hydrogens (tertiary/aromatic N) is 3. The third-order valence-electron chi connectivity index (χ3n) is 3.68. The second-order valence-corrected chi connectivity index (χ2v) is 7.30. The second kappa shape index (κ2) is 6.80. The van der Waals surface area contributed by atoms with Gasteiger partial charge in [-0.25, -0.2) is 18.2 Å². The van der Waals surface area contributed by atoms with Crippen molar-refractivity contribution in [1.82, 2.24) is 9.78 Å². The molecule has 0 aliphatic carbocycles. The smallest absolute Gasteiger partial charge is 0.238 e. The Morgan fingerprint density at radius 3 is 2.42 bits per heavy atom. The van der Waals surface area contributed by atoms with Gasteiger partial charge in [0.1, 0.15) is 11.8 Å². The van der Waals surface area contributed by atoms with E-state index in [1.807, 2.05) is 6.07 Å². The molecule has 7 nitrogen and oxygen atoms in total. The fraction of sp³-hybridized carbons (Fsp3) is 0.0588. The van der Waals surface area contributed by atoms with E-state index in [0.717, 1.165) is 5.56 Å². The molecule has 0 saturated carbocycles. The number of sulfonamides is 1. The van der Waals surface area contributed by atoms with Crippen LogP contribution in [-0.4, -0.2) is 25.3 Å². The summed E-state index contributed by atoms with van der Waals surface area (Å²) >= 11 is 6.19. The third-order valence-corrected chi connectivity index (χ3v) is 4.91. The van der Waals surface area contributed by atoms with Gasteiger partial charge in [-0.1, -0.05) is 11.6 Å². The van der Waals surface area contributed by atoms with Crippen molar-refractivity contribution in [3.8, 4) is 28.8 Å². The molecule has 3 rings (SSSR count). The Morgan fingerprint density at radius 2 is 1.88 bits per heavy atom. The van der Waals surface area contributed by atoms with Crippen LogP contribution in [0, 0.1) is 11.3 Å². The minimum atomic E-state index is -3.79. The highest BCUT2D eigenvalue weighted by Gasteiger charge is 2.14. The summed E-state index contributed by atoms with van der Waals surface area (Å²) in [6.07, 6.45) is 0. The standard InChI is InChI=1S/C17H13ClN4O3S/c1-25-17-7-2-11(8-15(17)18)16-9-12(10-19)21-22(16)13-3-5-14(6-4-13)26(20,23)24/h2-9H,1H3,(H2,20,23,24). The van der Waals surface area contributed by atoms with Gasteiger partial charge >= 0.3 is 0 Å². The van der Waals surface area contributed by atoms with Gasteiger partial charge in [0.25, 0.3) is 0 Å². The van der Waals surface area contributed by atoms with Crippen molar-refractivity contribution in [1.29, 1.82) is 5.26 Å². The van der Waals surface area contributed by atoms with Crippen LogP contribution < -0.4 is 9.88 Å². The Labute approximate surface area is 155 Å². The maximum Gasteiger partial charge on any atom is 0.238 e. The van der Waals surface area contributed by atoms with E-state index >= 15 is 0 Å². The van der Waals surface area contributed by atoms with Gasteiger partial charge in [0.2, 0.25) is 10.0 Å². The van der Waals surface area contributed by atoms with Crippen molar-refractivity contribution in [3.05, 3.63) is 59.2 Å². The molecule has 3 aromatic rings. The highest BCUT2D eigenvalue weighted by atomic mass is 35.5. The fourth-order valence-corrected chi connectivity index (χ4v) is 3.21.